The van der Waals surface area contributed by atoms with Crippen molar-refractivity contribution in [1.82, 2.24) is 14.6 Å². The molecular weight excluding hydrogens is 316 g/mol. The molecular formula is C15H10N4OS2. The highest BCUT2D eigenvalue weighted by molar-refractivity contribution is 7.23. The van der Waals surface area contributed by atoms with Crippen LogP contribution in [0.1, 0.15) is 5.69 Å². The monoisotopic (exact) mass is 326 g/mol. The van der Waals surface area contributed by atoms with E-state index in [2.05, 4.69) is 15.2 Å². The third kappa shape index (κ3) is 2.11. The second-order valence-electron chi connectivity index (χ2n) is 4.54. The highest BCUT2D eigenvalue weighted by Gasteiger charge is 2.17. The van der Waals surface area contributed by atoms with Crippen molar-refractivity contribution in [1.29, 1.82) is 0 Å². The van der Waals surface area contributed by atoms with Gasteiger partial charge in [-0.3, -0.25) is 0 Å². The van der Waals surface area contributed by atoms with Gasteiger partial charge in [-0.15, -0.1) is 11.3 Å². The van der Waals surface area contributed by atoms with Gasteiger partial charge in [0.25, 0.3) is 0 Å². The van der Waals surface area contributed by atoms with Crippen molar-refractivity contribution >= 4 is 33.8 Å². The van der Waals surface area contributed by atoms with E-state index in [0.717, 1.165) is 26.1 Å². The number of hydrogen-bond donors (Lipinski definition) is 1. The molecule has 3 heterocycles. The first-order valence-corrected chi connectivity index (χ1v) is 8.23. The van der Waals surface area contributed by atoms with E-state index in [9.17, 15) is 0 Å². The summed E-state index contributed by atoms with van der Waals surface area (Å²) >= 11 is 3.16. The maximum absolute atomic E-state index is 8.97. The van der Waals surface area contributed by atoms with Gasteiger partial charge in [0, 0.05) is 5.56 Å². The molecule has 22 heavy (non-hydrogen) atoms. The second-order valence-corrected chi connectivity index (χ2v) is 6.44. The molecule has 0 fully saturated rings. The number of benzene rings is 1. The maximum atomic E-state index is 8.97. The molecule has 108 valence electrons. The Labute approximate surface area is 133 Å². The van der Waals surface area contributed by atoms with Gasteiger partial charge in [0.1, 0.15) is 11.4 Å². The lowest BCUT2D eigenvalue weighted by Crippen LogP contribution is -1.94. The first kappa shape index (κ1) is 13.2. The Kier molecular flexibility index (Phi) is 3.21. The molecule has 3 aromatic heterocycles. The minimum atomic E-state index is 0.669. The Morgan fingerprint density at radius 3 is 2.73 bits per heavy atom. The van der Waals surface area contributed by atoms with Gasteiger partial charge < -0.3 is 5.21 Å². The van der Waals surface area contributed by atoms with E-state index in [1.54, 1.807) is 15.9 Å². The average Bonchev–Trinajstić information content (AvgIpc) is 3.24. The minimum absolute atomic E-state index is 0.669. The summed E-state index contributed by atoms with van der Waals surface area (Å²) in [6, 6.07) is 13.8. The van der Waals surface area contributed by atoms with Crippen LogP contribution >= 0.6 is 22.7 Å². The molecule has 4 rings (SSSR count). The molecule has 0 bridgehead atoms. The summed E-state index contributed by atoms with van der Waals surface area (Å²) in [7, 11) is 0. The first-order valence-electron chi connectivity index (χ1n) is 6.53. The Morgan fingerprint density at radius 2 is 2.00 bits per heavy atom. The van der Waals surface area contributed by atoms with Gasteiger partial charge in [-0.05, 0) is 11.4 Å². The third-order valence-corrected chi connectivity index (χ3v) is 5.14. The molecule has 0 spiro atoms. The van der Waals surface area contributed by atoms with Crippen molar-refractivity contribution in [2.75, 3.05) is 0 Å². The van der Waals surface area contributed by atoms with Gasteiger partial charge in [-0.1, -0.05) is 52.9 Å². The fourth-order valence-corrected chi connectivity index (χ4v) is 3.94. The molecule has 0 saturated carbocycles. The zero-order chi connectivity index (χ0) is 14.9. The molecule has 0 atom stereocenters. The van der Waals surface area contributed by atoms with E-state index in [1.165, 1.54) is 17.6 Å². The molecule has 7 heteroatoms. The number of fused-ring (bicyclic) bond motifs is 1. The lowest BCUT2D eigenvalue weighted by Gasteiger charge is -1.98. The van der Waals surface area contributed by atoms with Gasteiger partial charge in [0.05, 0.1) is 11.1 Å². The predicted octanol–water partition coefficient (Wildman–Crippen LogP) is 3.99. The van der Waals surface area contributed by atoms with Crippen molar-refractivity contribution in [2.45, 2.75) is 0 Å². The van der Waals surface area contributed by atoms with Gasteiger partial charge in [-0.2, -0.15) is 5.10 Å². The summed E-state index contributed by atoms with van der Waals surface area (Å²) in [5, 5.41) is 19.7. The number of aromatic nitrogens is 3. The Balaban J connectivity index is 1.93. The summed E-state index contributed by atoms with van der Waals surface area (Å²) in [4.78, 5) is 6.53. The topological polar surface area (TPSA) is 62.8 Å². The summed E-state index contributed by atoms with van der Waals surface area (Å²) in [5.41, 5.74) is 2.39. The summed E-state index contributed by atoms with van der Waals surface area (Å²) in [6.07, 6.45) is 1.38. The Bertz CT molecular complexity index is 939. The first-order chi connectivity index (χ1) is 10.9. The van der Waals surface area contributed by atoms with Crippen LogP contribution in [0.25, 0.3) is 26.1 Å². The highest BCUT2D eigenvalue weighted by Crippen LogP contribution is 2.32. The van der Waals surface area contributed by atoms with Crippen LogP contribution in [-0.4, -0.2) is 26.0 Å². The van der Waals surface area contributed by atoms with E-state index < -0.39 is 0 Å². The zero-order valence-corrected chi connectivity index (χ0v) is 12.9. The zero-order valence-electron chi connectivity index (χ0n) is 11.2. The van der Waals surface area contributed by atoms with Crippen LogP contribution in [0.5, 0.6) is 0 Å². The number of imidazole rings is 1. The van der Waals surface area contributed by atoms with Crippen molar-refractivity contribution in [3.63, 3.8) is 0 Å². The van der Waals surface area contributed by atoms with E-state index >= 15 is 0 Å². The molecule has 1 aromatic carbocycles. The standard InChI is InChI=1S/C15H10N4OS2/c20-16-9-11-13(10-5-2-1-3-6-10)17-15-19(11)18-14(22-15)12-7-4-8-21-12/h1-9,20H/b16-9+. The molecule has 0 aliphatic carbocycles. The second kappa shape index (κ2) is 5.36. The number of thiophene rings is 1. The molecule has 5 nitrogen and oxygen atoms in total. The van der Waals surface area contributed by atoms with Crippen LogP contribution in [0.4, 0.5) is 0 Å². The van der Waals surface area contributed by atoms with E-state index in [0.29, 0.717) is 5.69 Å². The quantitative estimate of drug-likeness (QED) is 0.352. The van der Waals surface area contributed by atoms with Crippen LogP contribution in [0.15, 0.2) is 53.0 Å². The van der Waals surface area contributed by atoms with Crippen LogP contribution in [-0.2, 0) is 0 Å². The Morgan fingerprint density at radius 1 is 1.14 bits per heavy atom. The summed E-state index contributed by atoms with van der Waals surface area (Å²) in [5.74, 6) is 0. The van der Waals surface area contributed by atoms with Gasteiger partial charge >= 0.3 is 0 Å². The summed E-state index contributed by atoms with van der Waals surface area (Å²) in [6.45, 7) is 0. The third-order valence-electron chi connectivity index (χ3n) is 3.20. The smallest absolute Gasteiger partial charge is 0.213 e. The van der Waals surface area contributed by atoms with E-state index in [1.807, 2.05) is 47.8 Å². The van der Waals surface area contributed by atoms with Gasteiger partial charge in [0.2, 0.25) is 4.96 Å². The minimum Gasteiger partial charge on any atom is -0.411 e. The number of rotatable bonds is 3. The van der Waals surface area contributed by atoms with Crippen molar-refractivity contribution in [3.05, 3.63) is 53.5 Å². The molecule has 0 aliphatic heterocycles. The lowest BCUT2D eigenvalue weighted by molar-refractivity contribution is 0.321. The molecule has 0 aliphatic rings. The number of hydrogen-bond acceptors (Lipinski definition) is 6. The molecule has 0 radical (unpaired) electrons. The highest BCUT2D eigenvalue weighted by atomic mass is 32.1. The molecule has 0 amide bonds. The van der Waals surface area contributed by atoms with Crippen molar-refractivity contribution < 1.29 is 5.21 Å². The summed E-state index contributed by atoms with van der Waals surface area (Å²) < 4.78 is 1.72. The lowest BCUT2D eigenvalue weighted by atomic mass is 10.1. The van der Waals surface area contributed by atoms with Crippen LogP contribution in [0.2, 0.25) is 0 Å². The molecule has 1 N–H and O–H groups in total. The number of nitrogens with zero attached hydrogens (tertiary/aromatic N) is 4. The van der Waals surface area contributed by atoms with Gasteiger partial charge in [0.15, 0.2) is 5.01 Å². The number of oxime groups is 1. The maximum Gasteiger partial charge on any atom is 0.213 e. The van der Waals surface area contributed by atoms with Crippen molar-refractivity contribution in [2.24, 2.45) is 5.16 Å². The molecule has 0 unspecified atom stereocenters. The molecule has 4 aromatic rings. The predicted molar refractivity (Wildman–Crippen MR) is 89.0 cm³/mol. The van der Waals surface area contributed by atoms with Crippen LogP contribution in [0.3, 0.4) is 0 Å². The fourth-order valence-electron chi connectivity index (χ4n) is 2.24. The average molecular weight is 326 g/mol. The molecule has 0 saturated heterocycles. The fraction of sp³-hybridized carbons (Fsp3) is 0. The van der Waals surface area contributed by atoms with Gasteiger partial charge in [-0.25, -0.2) is 9.50 Å². The van der Waals surface area contributed by atoms with E-state index in [-0.39, 0.29) is 0 Å². The van der Waals surface area contributed by atoms with Crippen LogP contribution < -0.4 is 0 Å². The van der Waals surface area contributed by atoms with Crippen molar-refractivity contribution in [3.8, 4) is 21.1 Å². The SMILES string of the molecule is O/N=C/c1c(-c2ccccc2)nc2sc(-c3cccs3)nn12. The largest absolute Gasteiger partial charge is 0.411 e. The van der Waals surface area contributed by atoms with E-state index in [4.69, 9.17) is 5.21 Å². The Hall–Kier alpha value is -2.51. The normalized spacial score (nSPS) is 11.6. The van der Waals surface area contributed by atoms with Crippen LogP contribution in [0, 0.1) is 0 Å².